The van der Waals surface area contributed by atoms with Gasteiger partial charge in [0.25, 0.3) is 0 Å². The fourth-order valence-electron chi connectivity index (χ4n) is 0.611. The highest BCUT2D eigenvalue weighted by molar-refractivity contribution is 5.92. The van der Waals surface area contributed by atoms with Gasteiger partial charge in [0, 0.05) is 6.08 Å². The van der Waals surface area contributed by atoms with Crippen molar-refractivity contribution in [3.63, 3.8) is 0 Å². The Bertz CT molecular complexity index is 864. The maximum Gasteiger partial charge on any atom is 0.220 e. The van der Waals surface area contributed by atoms with Crippen molar-refractivity contribution in [1.82, 2.24) is 0 Å². The molecule has 0 radical (unpaired) electrons. The van der Waals surface area contributed by atoms with E-state index in [2.05, 4.69) is 86.8 Å². The Morgan fingerprint density at radius 2 is 1.30 bits per heavy atom. The van der Waals surface area contributed by atoms with Crippen LogP contribution < -0.4 is 5.73 Å². The number of ketones is 1. The van der Waals surface area contributed by atoms with Gasteiger partial charge in [0.05, 0.1) is 0 Å². The first-order valence-corrected chi connectivity index (χ1v) is 5.41. The van der Waals surface area contributed by atoms with Crippen LogP contribution in [-0.2, 0) is 4.79 Å². The van der Waals surface area contributed by atoms with Crippen LogP contribution in [0.1, 0.15) is 6.92 Å². The summed E-state index contributed by atoms with van der Waals surface area (Å²) in [6.45, 7) is 4.99. The summed E-state index contributed by atoms with van der Waals surface area (Å²) < 4.78 is 0. The number of hydrogen-bond acceptors (Lipinski definition) is 1. The van der Waals surface area contributed by atoms with Gasteiger partial charge in [-0.15, -0.1) is 0 Å². The molecule has 0 aromatic rings. The van der Waals surface area contributed by atoms with E-state index in [9.17, 15) is 4.79 Å². The zero-order valence-corrected chi connectivity index (χ0v) is 11.0. The van der Waals surface area contributed by atoms with Crippen LogP contribution in [0.5, 0.6) is 0 Å². The van der Waals surface area contributed by atoms with Gasteiger partial charge in [-0.05, 0) is 76.5 Å². The molecule has 0 aromatic carbocycles. The molecule has 0 amide bonds. The molecule has 0 aromatic heterocycles. The molecule has 2 nitrogen and oxygen atoms in total. The van der Waals surface area contributed by atoms with Gasteiger partial charge in [-0.2, -0.15) is 0 Å². The predicted molar refractivity (Wildman–Crippen MR) is 73.2 cm³/mol. The highest BCUT2D eigenvalue weighted by Gasteiger charge is 2.04. The molecule has 0 rings (SSSR count). The van der Waals surface area contributed by atoms with Gasteiger partial charge in [0.1, 0.15) is 6.04 Å². The van der Waals surface area contributed by atoms with Crippen molar-refractivity contribution in [1.29, 1.82) is 0 Å². The van der Waals surface area contributed by atoms with Gasteiger partial charge in [-0.3, -0.25) is 4.79 Å². The molecule has 3 N–H and O–H groups in total. The van der Waals surface area contributed by atoms with Crippen molar-refractivity contribution in [2.24, 2.45) is 0 Å². The van der Waals surface area contributed by atoms with E-state index in [0.717, 1.165) is 0 Å². The molecule has 0 aliphatic heterocycles. The van der Waals surface area contributed by atoms with Crippen molar-refractivity contribution >= 4 is 5.78 Å². The average Bonchev–Trinajstić information content (AvgIpc) is 2.43. The van der Waals surface area contributed by atoms with Crippen molar-refractivity contribution in [2.45, 2.75) is 13.0 Å². The highest BCUT2D eigenvalue weighted by atomic mass is 16.1. The molecule has 0 saturated carbocycles. The van der Waals surface area contributed by atoms with Crippen LogP contribution in [0.2, 0.25) is 0 Å². The van der Waals surface area contributed by atoms with Crippen LogP contribution in [0, 0.1) is 0 Å². The molecule has 2 heteroatoms. The average molecular weight is 256 g/mol. The van der Waals surface area contributed by atoms with E-state index in [1.807, 2.05) is 0 Å². The molecule has 0 aliphatic rings. The van der Waals surface area contributed by atoms with Crippen LogP contribution in [-0.4, -0.2) is 11.8 Å². The second kappa shape index (κ2) is 12.0. The minimum Gasteiger partial charge on any atom is -0.349 e. The number of quaternary nitrogens is 1. The number of carbonyl (C=O) groups is 1. The van der Waals surface area contributed by atoms with Gasteiger partial charge in [0.2, 0.25) is 5.78 Å². The van der Waals surface area contributed by atoms with Crippen LogP contribution in [0.15, 0.2) is 87.2 Å². The Balaban J connectivity index is 5.44. The third-order valence-corrected chi connectivity index (χ3v) is 1.49. The lowest BCUT2D eigenvalue weighted by Crippen LogP contribution is -2.62. The fourth-order valence-corrected chi connectivity index (χ4v) is 0.611. The Kier molecular flexibility index (Phi) is 9.89. The molecule has 92 valence electrons. The Morgan fingerprint density at radius 3 is 1.70 bits per heavy atom. The Hall–Kier alpha value is -3.49. The topological polar surface area (TPSA) is 44.7 Å². The fraction of sp³-hybridized carbons (Fsp3) is 0.111. The highest BCUT2D eigenvalue weighted by Crippen LogP contribution is 1.76. The van der Waals surface area contributed by atoms with Crippen LogP contribution >= 0.6 is 0 Å². The van der Waals surface area contributed by atoms with Gasteiger partial charge >= 0.3 is 0 Å². The third-order valence-electron chi connectivity index (χ3n) is 1.49. The first kappa shape index (κ1) is 16.5. The van der Waals surface area contributed by atoms with E-state index in [0.29, 0.717) is 0 Å². The van der Waals surface area contributed by atoms with E-state index >= 15 is 0 Å². The van der Waals surface area contributed by atoms with Crippen LogP contribution in [0.25, 0.3) is 0 Å². The minimum absolute atomic E-state index is 0.132. The molecule has 0 spiro atoms. The Labute approximate surface area is 117 Å². The van der Waals surface area contributed by atoms with Crippen LogP contribution in [0.4, 0.5) is 0 Å². The lowest BCUT2D eigenvalue weighted by Gasteiger charge is -1.89. The smallest absolute Gasteiger partial charge is 0.220 e. The van der Waals surface area contributed by atoms with Crippen molar-refractivity contribution in [3.05, 3.63) is 87.2 Å². The maximum atomic E-state index is 11.1. The zero-order chi connectivity index (χ0) is 15.1. The monoisotopic (exact) mass is 256 g/mol. The van der Waals surface area contributed by atoms with Crippen LogP contribution in [0.3, 0.4) is 0 Å². The first-order valence-electron chi connectivity index (χ1n) is 5.41. The van der Waals surface area contributed by atoms with Crippen molar-refractivity contribution in [3.8, 4) is 0 Å². The summed E-state index contributed by atoms with van der Waals surface area (Å²) in [4.78, 5) is 11.1. The first-order chi connectivity index (χ1) is 9.68. The summed E-state index contributed by atoms with van der Waals surface area (Å²) in [6.07, 6.45) is 1.25. The summed E-state index contributed by atoms with van der Waals surface area (Å²) in [5.41, 5.74) is 35.6. The van der Waals surface area contributed by atoms with Gasteiger partial charge in [-0.1, -0.05) is 11.5 Å². The predicted octanol–water partition coefficient (Wildman–Crippen LogP) is 1.39. The molecular weight excluding hydrogens is 246 g/mol. The second-order valence-corrected chi connectivity index (χ2v) is 3.14. The van der Waals surface area contributed by atoms with E-state index in [1.54, 1.807) is 6.92 Å². The summed E-state index contributed by atoms with van der Waals surface area (Å²) in [5.74, 6) is -0.132. The summed E-state index contributed by atoms with van der Waals surface area (Å²) in [7, 11) is 0. The number of carbonyl (C=O) groups excluding carboxylic acids is 1. The Morgan fingerprint density at radius 1 is 0.900 bits per heavy atom. The number of rotatable bonds is 2. The molecule has 20 heavy (non-hydrogen) atoms. The second-order valence-electron chi connectivity index (χ2n) is 3.14. The lowest BCUT2D eigenvalue weighted by molar-refractivity contribution is -0.396. The molecule has 0 heterocycles. The zero-order valence-electron chi connectivity index (χ0n) is 11.0. The quantitative estimate of drug-likeness (QED) is 0.589. The molecule has 0 unspecified atom stereocenters. The lowest BCUT2D eigenvalue weighted by atomic mass is 10.2. The maximum absolute atomic E-state index is 11.1. The van der Waals surface area contributed by atoms with Gasteiger partial charge < -0.3 is 5.73 Å². The van der Waals surface area contributed by atoms with Gasteiger partial charge in [0.15, 0.2) is 0 Å². The van der Waals surface area contributed by atoms with E-state index in [4.69, 9.17) is 0 Å². The minimum atomic E-state index is -0.303. The molecule has 0 fully saturated rings. The summed E-state index contributed by atoms with van der Waals surface area (Å²) >= 11 is 0. The van der Waals surface area contributed by atoms with E-state index in [-0.39, 0.29) is 11.8 Å². The van der Waals surface area contributed by atoms with E-state index in [1.165, 1.54) is 6.08 Å². The molecule has 0 aliphatic carbocycles. The van der Waals surface area contributed by atoms with E-state index < -0.39 is 0 Å². The molecule has 0 saturated heterocycles. The SMILES string of the molecule is C=C=C=C=C=C=C=C=C=C=C=C=C=C=CC(=O)[C@H](C)[NH3+]. The molecular formula is C18H10NO+. The van der Waals surface area contributed by atoms with Crippen molar-refractivity contribution < 1.29 is 10.5 Å². The third kappa shape index (κ3) is 11.0. The molecule has 1 atom stereocenters. The molecule has 0 bridgehead atoms. The standard InChI is InChI=1S/C18H9NO/c1-3-4-5-6-7-8-9-10-11-12-13-14-15-16-18(20)17(2)19/h16-17H,1,19H2,2H3/p+1/t17-/m0/s1. The van der Waals surface area contributed by atoms with Crippen molar-refractivity contribution in [2.75, 3.05) is 0 Å². The normalized spacial score (nSPS) is 7.10. The summed E-state index contributed by atoms with van der Waals surface area (Å²) in [5, 5.41) is 0. The largest absolute Gasteiger partial charge is 0.349 e. The number of hydrogen-bond donors (Lipinski definition) is 1. The summed E-state index contributed by atoms with van der Waals surface area (Å²) in [6, 6.07) is -0.303. The van der Waals surface area contributed by atoms with Gasteiger partial charge in [-0.25, -0.2) is 0 Å².